The number of nitrogens with one attached hydrogen (secondary N) is 1. The summed E-state index contributed by atoms with van der Waals surface area (Å²) < 4.78 is 0. The molecule has 0 fully saturated rings. The van der Waals surface area contributed by atoms with Gasteiger partial charge in [-0.25, -0.2) is 0 Å². The van der Waals surface area contributed by atoms with E-state index in [1.165, 1.54) is 10.4 Å². The fraction of sp³-hybridized carbons (Fsp3) is 0.444. The number of rotatable bonds is 1. The summed E-state index contributed by atoms with van der Waals surface area (Å²) in [5.41, 5.74) is 1.32. The Morgan fingerprint density at radius 1 is 1.67 bits per heavy atom. The van der Waals surface area contributed by atoms with Gasteiger partial charge in [-0.05, 0) is 30.9 Å². The molecule has 1 aromatic rings. The third kappa shape index (κ3) is 1.37. The lowest BCUT2D eigenvalue weighted by molar-refractivity contribution is 0.726. The van der Waals surface area contributed by atoms with E-state index >= 15 is 0 Å². The van der Waals surface area contributed by atoms with Gasteiger partial charge in [-0.1, -0.05) is 0 Å². The molecule has 1 aliphatic rings. The van der Waals surface area contributed by atoms with E-state index in [0.29, 0.717) is 6.04 Å². The molecule has 1 aromatic heterocycles. The highest BCUT2D eigenvalue weighted by Gasteiger charge is 2.14. The van der Waals surface area contributed by atoms with E-state index in [2.05, 4.69) is 35.6 Å². The third-order valence-corrected chi connectivity index (χ3v) is 2.93. The summed E-state index contributed by atoms with van der Waals surface area (Å²) in [4.78, 5) is 5.68. The Bertz CT molecular complexity index is 314. The van der Waals surface area contributed by atoms with Gasteiger partial charge in [-0.3, -0.25) is 4.99 Å². The van der Waals surface area contributed by atoms with Crippen LogP contribution in [0.1, 0.15) is 17.4 Å². The van der Waals surface area contributed by atoms with Gasteiger partial charge in [-0.15, -0.1) is 11.3 Å². The normalized spacial score (nSPS) is 22.2. The van der Waals surface area contributed by atoms with E-state index in [1.807, 2.05) is 0 Å². The van der Waals surface area contributed by atoms with Crippen molar-refractivity contribution in [3.05, 3.63) is 21.9 Å². The van der Waals surface area contributed by atoms with Gasteiger partial charge < -0.3 is 5.32 Å². The highest BCUT2D eigenvalue weighted by molar-refractivity contribution is 7.12. The zero-order valence-electron chi connectivity index (χ0n) is 7.29. The Morgan fingerprint density at radius 2 is 2.50 bits per heavy atom. The maximum absolute atomic E-state index is 4.42. The lowest BCUT2D eigenvalue weighted by atomic mass is 10.3. The minimum absolute atomic E-state index is 0.502. The van der Waals surface area contributed by atoms with Crippen LogP contribution in [0.2, 0.25) is 0 Å². The van der Waals surface area contributed by atoms with Crippen molar-refractivity contribution in [1.29, 1.82) is 0 Å². The van der Waals surface area contributed by atoms with Crippen LogP contribution in [0.5, 0.6) is 0 Å². The topological polar surface area (TPSA) is 24.4 Å². The van der Waals surface area contributed by atoms with Crippen molar-refractivity contribution in [3.63, 3.8) is 0 Å². The van der Waals surface area contributed by atoms with Gasteiger partial charge in [-0.2, -0.15) is 0 Å². The molecule has 2 rings (SSSR count). The van der Waals surface area contributed by atoms with E-state index in [1.54, 1.807) is 11.3 Å². The van der Waals surface area contributed by atoms with E-state index in [4.69, 9.17) is 0 Å². The van der Waals surface area contributed by atoms with Crippen LogP contribution >= 0.6 is 11.3 Å². The molecule has 12 heavy (non-hydrogen) atoms. The molecule has 2 nitrogen and oxygen atoms in total. The molecule has 0 saturated carbocycles. The predicted molar refractivity (Wildman–Crippen MR) is 53.1 cm³/mol. The van der Waals surface area contributed by atoms with E-state index in [0.717, 1.165) is 12.4 Å². The molecule has 0 saturated heterocycles. The van der Waals surface area contributed by atoms with Crippen LogP contribution in [0.15, 0.2) is 16.4 Å². The fourth-order valence-electron chi connectivity index (χ4n) is 1.26. The first-order chi connectivity index (χ1) is 5.75. The number of aryl methyl sites for hydroxylation is 1. The molecular weight excluding hydrogens is 168 g/mol. The number of hydrogen-bond donors (Lipinski definition) is 1. The molecule has 2 heterocycles. The summed E-state index contributed by atoms with van der Waals surface area (Å²) in [7, 11) is 0. The number of thiophene rings is 1. The number of hydrogen-bond acceptors (Lipinski definition) is 3. The van der Waals surface area contributed by atoms with Crippen LogP contribution in [0, 0.1) is 6.92 Å². The molecular formula is C9H12N2S. The van der Waals surface area contributed by atoms with E-state index in [9.17, 15) is 0 Å². The van der Waals surface area contributed by atoms with E-state index in [-0.39, 0.29) is 0 Å². The van der Waals surface area contributed by atoms with Gasteiger partial charge >= 0.3 is 0 Å². The molecule has 1 aliphatic heterocycles. The largest absolute Gasteiger partial charge is 0.365 e. The lowest BCUT2D eigenvalue weighted by Gasteiger charge is -2.02. The smallest absolute Gasteiger partial charge is 0.138 e. The minimum Gasteiger partial charge on any atom is -0.365 e. The van der Waals surface area contributed by atoms with Crippen molar-refractivity contribution in [1.82, 2.24) is 5.32 Å². The summed E-state index contributed by atoms with van der Waals surface area (Å²) in [5.74, 6) is 1.07. The molecule has 1 N–H and O–H groups in total. The zero-order valence-corrected chi connectivity index (χ0v) is 8.11. The first kappa shape index (κ1) is 7.80. The molecule has 0 amide bonds. The van der Waals surface area contributed by atoms with Crippen LogP contribution in [-0.2, 0) is 0 Å². The van der Waals surface area contributed by atoms with Gasteiger partial charge in [0.1, 0.15) is 5.84 Å². The summed E-state index contributed by atoms with van der Waals surface area (Å²) in [6.45, 7) is 5.17. The van der Waals surface area contributed by atoms with Gasteiger partial charge in [0, 0.05) is 6.04 Å². The Hall–Kier alpha value is -0.830. The fourth-order valence-corrected chi connectivity index (χ4v) is 2.13. The van der Waals surface area contributed by atoms with E-state index < -0.39 is 0 Å². The van der Waals surface area contributed by atoms with Gasteiger partial charge in [0.2, 0.25) is 0 Å². The second-order valence-corrected chi connectivity index (χ2v) is 4.13. The minimum atomic E-state index is 0.502. The quantitative estimate of drug-likeness (QED) is 0.700. The summed E-state index contributed by atoms with van der Waals surface area (Å²) in [5, 5.41) is 5.50. The van der Waals surface area contributed by atoms with Gasteiger partial charge in [0.05, 0.1) is 11.4 Å². The Kier molecular flexibility index (Phi) is 1.89. The van der Waals surface area contributed by atoms with Crippen molar-refractivity contribution < 1.29 is 0 Å². The number of aliphatic imine (C=N–C) groups is 1. The molecule has 1 unspecified atom stereocenters. The molecule has 0 spiro atoms. The zero-order chi connectivity index (χ0) is 8.55. The Balaban J connectivity index is 2.21. The molecule has 0 radical (unpaired) electrons. The number of amidine groups is 1. The molecule has 0 aromatic carbocycles. The van der Waals surface area contributed by atoms with Crippen LogP contribution in [-0.4, -0.2) is 18.4 Å². The molecule has 3 heteroatoms. The second-order valence-electron chi connectivity index (χ2n) is 3.22. The standard InChI is InChI=1S/C9H12N2S/c1-6-3-8(12-5-6)9-10-4-7(2)11-9/h3,5,7H,4H2,1-2H3,(H,10,11). The highest BCUT2D eigenvalue weighted by atomic mass is 32.1. The maximum atomic E-state index is 4.42. The van der Waals surface area contributed by atoms with Crippen molar-refractivity contribution in [2.45, 2.75) is 19.9 Å². The number of nitrogens with zero attached hydrogens (tertiary/aromatic N) is 1. The summed E-state index contributed by atoms with van der Waals surface area (Å²) in [6, 6.07) is 2.68. The highest BCUT2D eigenvalue weighted by Crippen LogP contribution is 2.15. The molecule has 64 valence electrons. The van der Waals surface area contributed by atoms with Crippen LogP contribution in [0.25, 0.3) is 0 Å². The van der Waals surface area contributed by atoms with Gasteiger partial charge in [0.15, 0.2) is 0 Å². The average molecular weight is 180 g/mol. The third-order valence-electron chi connectivity index (χ3n) is 1.87. The van der Waals surface area contributed by atoms with Crippen molar-refractivity contribution in [2.75, 3.05) is 6.54 Å². The van der Waals surface area contributed by atoms with Crippen LogP contribution in [0.4, 0.5) is 0 Å². The molecule has 0 aliphatic carbocycles. The predicted octanol–water partition coefficient (Wildman–Crippen LogP) is 1.79. The van der Waals surface area contributed by atoms with Crippen molar-refractivity contribution in [3.8, 4) is 0 Å². The van der Waals surface area contributed by atoms with Crippen molar-refractivity contribution >= 4 is 17.2 Å². The Morgan fingerprint density at radius 3 is 3.00 bits per heavy atom. The summed E-state index contributed by atoms with van der Waals surface area (Å²) in [6.07, 6.45) is 0. The summed E-state index contributed by atoms with van der Waals surface area (Å²) >= 11 is 1.76. The van der Waals surface area contributed by atoms with Gasteiger partial charge in [0.25, 0.3) is 0 Å². The first-order valence-electron chi connectivity index (χ1n) is 4.12. The SMILES string of the molecule is Cc1csc(C2=NCC(C)N2)c1. The van der Waals surface area contributed by atoms with Crippen molar-refractivity contribution in [2.24, 2.45) is 4.99 Å². The molecule has 0 bridgehead atoms. The molecule has 1 atom stereocenters. The Labute approximate surface area is 76.3 Å². The van der Waals surface area contributed by atoms with Crippen LogP contribution in [0.3, 0.4) is 0 Å². The average Bonchev–Trinajstić information content (AvgIpc) is 2.58. The maximum Gasteiger partial charge on any atom is 0.138 e. The van der Waals surface area contributed by atoms with Crippen LogP contribution < -0.4 is 5.32 Å². The lowest BCUT2D eigenvalue weighted by Crippen LogP contribution is -2.26. The monoisotopic (exact) mass is 180 g/mol. The first-order valence-corrected chi connectivity index (χ1v) is 5.00. The second kappa shape index (κ2) is 2.90.